The van der Waals surface area contributed by atoms with Gasteiger partial charge in [0.25, 0.3) is 11.8 Å². The zero-order valence-electron chi connectivity index (χ0n) is 14.7. The highest BCUT2D eigenvalue weighted by atomic mass is 16.5. The van der Waals surface area contributed by atoms with Gasteiger partial charge in [0.05, 0.1) is 17.7 Å². The van der Waals surface area contributed by atoms with Crippen LogP contribution in [0.3, 0.4) is 0 Å². The Morgan fingerprint density at radius 2 is 2.04 bits per heavy atom. The molecule has 0 spiro atoms. The average molecular weight is 373 g/mol. The maximum atomic E-state index is 12.8. The number of nitrogens with zero attached hydrogens (tertiary/aromatic N) is 1. The van der Waals surface area contributed by atoms with Crippen LogP contribution < -0.4 is 15.4 Å². The zero-order valence-corrected chi connectivity index (χ0v) is 14.7. The van der Waals surface area contributed by atoms with Crippen LogP contribution in [0.5, 0.6) is 5.75 Å². The Kier molecular flexibility index (Phi) is 5.20. The molecule has 2 aliphatic heterocycles. The molecule has 3 rings (SSSR count). The molecule has 2 N–H and O–H groups in total. The maximum Gasteiger partial charge on any atom is 0.266 e. The van der Waals surface area contributed by atoms with Gasteiger partial charge >= 0.3 is 0 Å². The van der Waals surface area contributed by atoms with Gasteiger partial charge in [-0.2, -0.15) is 0 Å². The van der Waals surface area contributed by atoms with Crippen LogP contribution in [0.15, 0.2) is 18.2 Å². The van der Waals surface area contributed by atoms with Gasteiger partial charge in [0, 0.05) is 19.9 Å². The number of rotatable bonds is 6. The Bertz CT molecular complexity index is 834. The fourth-order valence-corrected chi connectivity index (χ4v) is 3.12. The van der Waals surface area contributed by atoms with E-state index in [1.54, 1.807) is 12.1 Å². The lowest BCUT2D eigenvalue weighted by atomic mass is 10.0. The summed E-state index contributed by atoms with van der Waals surface area (Å²) in [5.41, 5.74) is 0.288. The predicted octanol–water partition coefficient (Wildman–Crippen LogP) is -0.00720. The third-order valence-electron chi connectivity index (χ3n) is 4.38. The molecule has 1 unspecified atom stereocenters. The summed E-state index contributed by atoms with van der Waals surface area (Å²) in [7, 11) is 0. The minimum absolute atomic E-state index is 0.0658. The van der Waals surface area contributed by atoms with Gasteiger partial charge < -0.3 is 10.1 Å². The number of hydrogen-bond donors (Lipinski definition) is 2. The lowest BCUT2D eigenvalue weighted by Gasteiger charge is -2.27. The van der Waals surface area contributed by atoms with E-state index >= 15 is 0 Å². The van der Waals surface area contributed by atoms with E-state index in [0.29, 0.717) is 13.0 Å². The number of amides is 5. The SMILES string of the molecule is CC(=O)NCCCOc1cccc2c1C(=O)N(C1CCC(=O)NC1=O)C2=O. The summed E-state index contributed by atoms with van der Waals surface area (Å²) in [6, 6.07) is 3.67. The zero-order chi connectivity index (χ0) is 19.6. The molecule has 1 saturated heterocycles. The van der Waals surface area contributed by atoms with Gasteiger partial charge in [-0.25, -0.2) is 0 Å². The standard InChI is InChI=1S/C18H19N3O6/c1-10(22)19-8-3-9-27-13-5-2-4-11-15(13)18(26)21(17(11)25)12-6-7-14(23)20-16(12)24/h2,4-5,12H,3,6-9H2,1H3,(H,19,22)(H,20,23,24). The van der Waals surface area contributed by atoms with Crippen LogP contribution in [0.4, 0.5) is 0 Å². The molecule has 142 valence electrons. The van der Waals surface area contributed by atoms with Crippen molar-refractivity contribution in [1.82, 2.24) is 15.5 Å². The first-order chi connectivity index (χ1) is 12.9. The van der Waals surface area contributed by atoms with E-state index in [1.807, 2.05) is 0 Å². The van der Waals surface area contributed by atoms with Gasteiger partial charge in [0.2, 0.25) is 17.7 Å². The van der Waals surface area contributed by atoms with E-state index in [4.69, 9.17) is 4.74 Å². The Morgan fingerprint density at radius 3 is 2.74 bits per heavy atom. The summed E-state index contributed by atoms with van der Waals surface area (Å²) in [6.07, 6.45) is 0.696. The van der Waals surface area contributed by atoms with E-state index in [-0.39, 0.29) is 42.2 Å². The summed E-state index contributed by atoms with van der Waals surface area (Å²) in [5.74, 6) is -2.15. The second kappa shape index (κ2) is 7.56. The number of benzene rings is 1. The van der Waals surface area contributed by atoms with Gasteiger partial charge in [0.1, 0.15) is 11.8 Å². The van der Waals surface area contributed by atoms with Crippen molar-refractivity contribution < 1.29 is 28.7 Å². The van der Waals surface area contributed by atoms with Crippen LogP contribution in [-0.4, -0.2) is 53.6 Å². The van der Waals surface area contributed by atoms with Crippen molar-refractivity contribution in [3.8, 4) is 5.75 Å². The number of nitrogens with one attached hydrogen (secondary N) is 2. The number of ether oxygens (including phenoxy) is 1. The third kappa shape index (κ3) is 3.67. The summed E-state index contributed by atoms with van der Waals surface area (Å²) < 4.78 is 5.62. The Morgan fingerprint density at radius 1 is 1.26 bits per heavy atom. The van der Waals surface area contributed by atoms with Crippen LogP contribution in [-0.2, 0) is 14.4 Å². The number of hydrogen-bond acceptors (Lipinski definition) is 6. The summed E-state index contributed by atoms with van der Waals surface area (Å²) in [5, 5.41) is 4.79. The number of carbonyl (C=O) groups excluding carboxylic acids is 5. The molecule has 27 heavy (non-hydrogen) atoms. The average Bonchev–Trinajstić information content (AvgIpc) is 2.87. The molecule has 0 aromatic heterocycles. The largest absolute Gasteiger partial charge is 0.493 e. The first kappa shape index (κ1) is 18.6. The molecule has 0 saturated carbocycles. The number of piperidine rings is 1. The Labute approximate surface area is 155 Å². The monoisotopic (exact) mass is 373 g/mol. The van der Waals surface area contributed by atoms with Crippen LogP contribution in [0, 0.1) is 0 Å². The summed E-state index contributed by atoms with van der Waals surface area (Å²) in [6.45, 7) is 2.09. The van der Waals surface area contributed by atoms with Gasteiger partial charge in [-0.05, 0) is 25.0 Å². The van der Waals surface area contributed by atoms with Gasteiger partial charge in [-0.1, -0.05) is 6.07 Å². The van der Waals surface area contributed by atoms with Crippen LogP contribution >= 0.6 is 0 Å². The predicted molar refractivity (Wildman–Crippen MR) is 91.9 cm³/mol. The first-order valence-corrected chi connectivity index (χ1v) is 8.62. The number of carbonyl (C=O) groups is 5. The molecule has 2 aliphatic rings. The lowest BCUT2D eigenvalue weighted by Crippen LogP contribution is -2.54. The second-order valence-electron chi connectivity index (χ2n) is 6.31. The molecule has 2 heterocycles. The fourth-order valence-electron chi connectivity index (χ4n) is 3.12. The summed E-state index contributed by atoms with van der Waals surface area (Å²) in [4.78, 5) is 60.6. The molecule has 0 aliphatic carbocycles. The quantitative estimate of drug-likeness (QED) is 0.534. The topological polar surface area (TPSA) is 122 Å². The molecule has 0 radical (unpaired) electrons. The molecule has 9 nitrogen and oxygen atoms in total. The summed E-state index contributed by atoms with van der Waals surface area (Å²) >= 11 is 0. The molecule has 0 bridgehead atoms. The van der Waals surface area contributed by atoms with Crippen LogP contribution in [0.25, 0.3) is 0 Å². The van der Waals surface area contributed by atoms with Crippen molar-refractivity contribution in [3.05, 3.63) is 29.3 Å². The Balaban J connectivity index is 1.75. The molecule has 1 aromatic carbocycles. The smallest absolute Gasteiger partial charge is 0.266 e. The van der Waals surface area contributed by atoms with Crippen LogP contribution in [0.1, 0.15) is 46.9 Å². The minimum atomic E-state index is -1.01. The Hall–Kier alpha value is -3.23. The van der Waals surface area contributed by atoms with E-state index in [9.17, 15) is 24.0 Å². The fraction of sp³-hybridized carbons (Fsp3) is 0.389. The first-order valence-electron chi connectivity index (χ1n) is 8.62. The molecule has 5 amide bonds. The molecular weight excluding hydrogens is 354 g/mol. The molecule has 1 atom stereocenters. The highest BCUT2D eigenvalue weighted by Crippen LogP contribution is 2.33. The van der Waals surface area contributed by atoms with Crippen molar-refractivity contribution >= 4 is 29.5 Å². The van der Waals surface area contributed by atoms with Gasteiger partial charge in [-0.15, -0.1) is 0 Å². The van der Waals surface area contributed by atoms with E-state index in [2.05, 4.69) is 10.6 Å². The van der Waals surface area contributed by atoms with Crippen LogP contribution in [0.2, 0.25) is 0 Å². The number of fused-ring (bicyclic) bond motifs is 1. The highest BCUT2D eigenvalue weighted by molar-refractivity contribution is 6.24. The minimum Gasteiger partial charge on any atom is -0.493 e. The molecular formula is C18H19N3O6. The molecule has 9 heteroatoms. The van der Waals surface area contributed by atoms with E-state index in [1.165, 1.54) is 13.0 Å². The van der Waals surface area contributed by atoms with Crippen molar-refractivity contribution in [2.75, 3.05) is 13.2 Å². The van der Waals surface area contributed by atoms with Crippen molar-refractivity contribution in [2.24, 2.45) is 0 Å². The highest BCUT2D eigenvalue weighted by Gasteiger charge is 2.45. The molecule has 1 aromatic rings. The van der Waals surface area contributed by atoms with Crippen molar-refractivity contribution in [1.29, 1.82) is 0 Å². The third-order valence-corrected chi connectivity index (χ3v) is 4.38. The number of imide groups is 2. The lowest BCUT2D eigenvalue weighted by molar-refractivity contribution is -0.136. The maximum absolute atomic E-state index is 12.8. The van der Waals surface area contributed by atoms with Crippen molar-refractivity contribution in [3.63, 3.8) is 0 Å². The van der Waals surface area contributed by atoms with Gasteiger partial charge in [-0.3, -0.25) is 34.2 Å². The second-order valence-corrected chi connectivity index (χ2v) is 6.31. The van der Waals surface area contributed by atoms with E-state index in [0.717, 1.165) is 4.90 Å². The van der Waals surface area contributed by atoms with Crippen molar-refractivity contribution in [2.45, 2.75) is 32.2 Å². The van der Waals surface area contributed by atoms with E-state index < -0.39 is 29.7 Å². The molecule has 1 fully saturated rings. The van der Waals surface area contributed by atoms with Gasteiger partial charge in [0.15, 0.2) is 0 Å². The normalized spacial score (nSPS) is 19.0.